The number of aliphatic hydroxyl groups is 3. The predicted molar refractivity (Wildman–Crippen MR) is 89.5 cm³/mol. The second-order valence-electron chi connectivity index (χ2n) is 8.62. The standard InChI is InChI=1S/C19H24O7/c1-7(2)13-11-8(5-10(21)25-13)19(4)15-14(12(11)22)26-17(24)18(15,3)6-9(20)16(19)23/h5,7,9,12,14-16,20,22-23H,6H2,1-4H3/t9-,12-,14-,15?,16-,18+,19-/m1/s1. The monoisotopic (exact) mass is 364 g/mol. The summed E-state index contributed by atoms with van der Waals surface area (Å²) in [7, 11) is 0. The van der Waals surface area contributed by atoms with Crippen molar-refractivity contribution in [1.29, 1.82) is 0 Å². The van der Waals surface area contributed by atoms with Crippen LogP contribution in [0.5, 0.6) is 0 Å². The lowest BCUT2D eigenvalue weighted by Gasteiger charge is -2.55. The van der Waals surface area contributed by atoms with Crippen LogP contribution in [0.25, 0.3) is 0 Å². The third-order valence-corrected chi connectivity index (χ3v) is 6.72. The molecule has 3 aliphatic rings. The number of carbonyl (C=O) groups excluding carboxylic acids is 1. The van der Waals surface area contributed by atoms with Gasteiger partial charge in [-0.2, -0.15) is 0 Å². The Morgan fingerprint density at radius 2 is 1.85 bits per heavy atom. The van der Waals surface area contributed by atoms with E-state index >= 15 is 0 Å². The topological polar surface area (TPSA) is 117 Å². The fourth-order valence-electron chi connectivity index (χ4n) is 5.60. The Labute approximate surface area is 150 Å². The SMILES string of the molecule is CC(C)c1oc(=O)cc2c1[C@@H](O)[C@H]1OC(=O)[C@@]3(C)C[C@@H](O)[C@@H](O)[C@@]2(C)C13. The van der Waals surface area contributed by atoms with Crippen molar-refractivity contribution in [3.8, 4) is 0 Å². The minimum Gasteiger partial charge on any atom is -0.458 e. The van der Waals surface area contributed by atoms with Crippen LogP contribution in [0.1, 0.15) is 63.0 Å². The average molecular weight is 364 g/mol. The quantitative estimate of drug-likeness (QED) is 0.629. The van der Waals surface area contributed by atoms with Gasteiger partial charge in [-0.1, -0.05) is 20.8 Å². The summed E-state index contributed by atoms with van der Waals surface area (Å²) in [6, 6.07) is 1.27. The van der Waals surface area contributed by atoms with Gasteiger partial charge in [0.2, 0.25) is 0 Å². The first-order chi connectivity index (χ1) is 12.0. The van der Waals surface area contributed by atoms with Crippen LogP contribution in [0.3, 0.4) is 0 Å². The van der Waals surface area contributed by atoms with E-state index in [-0.39, 0.29) is 12.3 Å². The molecular weight excluding hydrogens is 340 g/mol. The molecule has 1 aliphatic heterocycles. The van der Waals surface area contributed by atoms with Crippen molar-refractivity contribution in [3.05, 3.63) is 33.4 Å². The Bertz CT molecular complexity index is 843. The third kappa shape index (κ3) is 1.88. The molecule has 1 saturated carbocycles. The Hall–Kier alpha value is -1.70. The van der Waals surface area contributed by atoms with Crippen molar-refractivity contribution in [1.82, 2.24) is 0 Å². The lowest BCUT2D eigenvalue weighted by molar-refractivity contribution is -0.156. The van der Waals surface area contributed by atoms with Gasteiger partial charge in [0.05, 0.1) is 17.6 Å². The Morgan fingerprint density at radius 1 is 1.19 bits per heavy atom. The maximum absolute atomic E-state index is 12.6. The molecule has 1 aromatic heterocycles. The lowest BCUT2D eigenvalue weighted by Crippen LogP contribution is -2.64. The van der Waals surface area contributed by atoms with Gasteiger partial charge in [-0.25, -0.2) is 4.79 Å². The van der Waals surface area contributed by atoms with Crippen molar-refractivity contribution in [2.45, 2.75) is 69.9 Å². The van der Waals surface area contributed by atoms with E-state index in [4.69, 9.17) is 9.15 Å². The summed E-state index contributed by atoms with van der Waals surface area (Å²) in [6.07, 6.45) is -4.32. The summed E-state index contributed by atoms with van der Waals surface area (Å²) in [6.45, 7) is 7.08. The number of fused-ring (bicyclic) bond motifs is 2. The van der Waals surface area contributed by atoms with Gasteiger partial charge < -0.3 is 24.5 Å². The molecule has 2 aliphatic carbocycles. The molecule has 26 heavy (non-hydrogen) atoms. The molecule has 3 N–H and O–H groups in total. The van der Waals surface area contributed by atoms with Gasteiger partial charge in [0.15, 0.2) is 0 Å². The Balaban J connectivity index is 2.08. The van der Waals surface area contributed by atoms with Crippen LogP contribution in [0, 0.1) is 11.3 Å². The summed E-state index contributed by atoms with van der Waals surface area (Å²) < 4.78 is 10.9. The molecule has 7 nitrogen and oxygen atoms in total. The highest BCUT2D eigenvalue weighted by Crippen LogP contribution is 2.63. The number of esters is 1. The van der Waals surface area contributed by atoms with Crippen LogP contribution in [0.4, 0.5) is 0 Å². The summed E-state index contributed by atoms with van der Waals surface area (Å²) in [5.74, 6) is -0.940. The molecule has 0 radical (unpaired) electrons. The Kier molecular flexibility index (Phi) is 3.53. The number of aliphatic hydroxyl groups excluding tert-OH is 3. The maximum atomic E-state index is 12.6. The van der Waals surface area contributed by atoms with E-state index in [0.29, 0.717) is 16.9 Å². The fourth-order valence-corrected chi connectivity index (χ4v) is 5.60. The number of rotatable bonds is 1. The van der Waals surface area contributed by atoms with Crippen molar-refractivity contribution in [3.63, 3.8) is 0 Å². The minimum absolute atomic E-state index is 0.0459. The van der Waals surface area contributed by atoms with Gasteiger partial charge in [-0.3, -0.25) is 4.79 Å². The van der Waals surface area contributed by atoms with Gasteiger partial charge in [0.1, 0.15) is 18.0 Å². The van der Waals surface area contributed by atoms with E-state index in [9.17, 15) is 24.9 Å². The van der Waals surface area contributed by atoms with E-state index in [1.54, 1.807) is 13.8 Å². The minimum atomic E-state index is -1.20. The molecule has 1 unspecified atom stereocenters. The molecular formula is C19H24O7. The molecule has 2 heterocycles. The third-order valence-electron chi connectivity index (χ3n) is 6.72. The van der Waals surface area contributed by atoms with Gasteiger partial charge in [-0.15, -0.1) is 0 Å². The first-order valence-electron chi connectivity index (χ1n) is 8.97. The normalized spacial score (nSPS) is 43.8. The largest absolute Gasteiger partial charge is 0.458 e. The van der Waals surface area contributed by atoms with Crippen molar-refractivity contribution in [2.24, 2.45) is 11.3 Å². The van der Waals surface area contributed by atoms with Crippen LogP contribution < -0.4 is 5.63 Å². The van der Waals surface area contributed by atoms with Gasteiger partial charge in [-0.05, 0) is 18.9 Å². The smallest absolute Gasteiger partial charge is 0.336 e. The molecule has 0 aromatic carbocycles. The van der Waals surface area contributed by atoms with Gasteiger partial charge in [0.25, 0.3) is 0 Å². The fraction of sp³-hybridized carbons (Fsp3) is 0.684. The molecule has 1 saturated heterocycles. The van der Waals surface area contributed by atoms with Crippen LogP contribution in [-0.2, 0) is 14.9 Å². The summed E-state index contributed by atoms with van der Waals surface area (Å²) in [4.78, 5) is 24.8. The van der Waals surface area contributed by atoms with Crippen LogP contribution >= 0.6 is 0 Å². The predicted octanol–water partition coefficient (Wildman–Crippen LogP) is 0.741. The first-order valence-corrected chi connectivity index (χ1v) is 8.97. The Morgan fingerprint density at radius 3 is 2.46 bits per heavy atom. The van der Waals surface area contributed by atoms with Crippen LogP contribution in [0.2, 0.25) is 0 Å². The number of ether oxygens (including phenoxy) is 1. The highest BCUT2D eigenvalue weighted by atomic mass is 16.6. The zero-order chi connectivity index (χ0) is 19.2. The zero-order valence-electron chi connectivity index (χ0n) is 15.2. The maximum Gasteiger partial charge on any atom is 0.336 e. The zero-order valence-corrected chi connectivity index (χ0v) is 15.2. The number of hydrogen-bond donors (Lipinski definition) is 3. The first kappa shape index (κ1) is 17.7. The van der Waals surface area contributed by atoms with E-state index in [1.165, 1.54) is 6.07 Å². The molecule has 4 rings (SSSR count). The lowest BCUT2D eigenvalue weighted by atomic mass is 9.48. The molecule has 2 fully saturated rings. The van der Waals surface area contributed by atoms with Gasteiger partial charge in [0, 0.05) is 28.9 Å². The van der Waals surface area contributed by atoms with Crippen molar-refractivity contribution in [2.75, 3.05) is 0 Å². The summed E-state index contributed by atoms with van der Waals surface area (Å²) in [5.41, 5.74) is -1.95. The average Bonchev–Trinajstić information content (AvgIpc) is 2.82. The van der Waals surface area contributed by atoms with Crippen LogP contribution in [-0.4, -0.2) is 39.6 Å². The molecule has 142 valence electrons. The molecule has 0 spiro atoms. The summed E-state index contributed by atoms with van der Waals surface area (Å²) >= 11 is 0. The molecule has 7 atom stereocenters. The van der Waals surface area contributed by atoms with E-state index in [0.717, 1.165) is 0 Å². The van der Waals surface area contributed by atoms with Gasteiger partial charge >= 0.3 is 11.6 Å². The van der Waals surface area contributed by atoms with Crippen molar-refractivity contribution >= 4 is 5.97 Å². The molecule has 0 amide bonds. The number of hydrogen-bond acceptors (Lipinski definition) is 7. The second kappa shape index (κ2) is 5.18. The van der Waals surface area contributed by atoms with E-state index in [1.807, 2.05) is 13.8 Å². The highest BCUT2D eigenvalue weighted by molar-refractivity contribution is 5.81. The highest BCUT2D eigenvalue weighted by Gasteiger charge is 2.71. The molecule has 0 bridgehead atoms. The van der Waals surface area contributed by atoms with E-state index in [2.05, 4.69) is 0 Å². The van der Waals surface area contributed by atoms with Crippen LogP contribution in [0.15, 0.2) is 15.3 Å². The van der Waals surface area contributed by atoms with Crippen molar-refractivity contribution < 1.29 is 29.3 Å². The molecule has 7 heteroatoms. The number of carbonyl (C=O) groups is 1. The summed E-state index contributed by atoms with van der Waals surface area (Å²) in [5, 5.41) is 32.4. The molecule has 1 aromatic rings. The van der Waals surface area contributed by atoms with E-state index < -0.39 is 52.8 Å². The second-order valence-corrected chi connectivity index (χ2v) is 8.62.